The molecule has 0 N–H and O–H groups in total. The molecule has 0 amide bonds. The van der Waals surface area contributed by atoms with Crippen molar-refractivity contribution in [3.05, 3.63) is 56.2 Å². The van der Waals surface area contributed by atoms with Gasteiger partial charge in [-0.3, -0.25) is 0 Å². The summed E-state index contributed by atoms with van der Waals surface area (Å²) in [7, 11) is 0. The van der Waals surface area contributed by atoms with E-state index >= 15 is 0 Å². The van der Waals surface area contributed by atoms with E-state index in [0.29, 0.717) is 0 Å². The Bertz CT molecular complexity index is 486. The highest BCUT2D eigenvalue weighted by Gasteiger charge is 1.93. The Morgan fingerprint density at radius 3 is 2.53 bits per heavy atom. The van der Waals surface area contributed by atoms with Crippen LogP contribution in [-0.2, 0) is 0 Å². The highest BCUT2D eigenvalue weighted by atomic mass is 35.5. The number of halogens is 2. The highest BCUT2D eigenvalue weighted by molar-refractivity contribution is 7.17. The molecular weight excluding hydrogens is 247 g/mol. The average molecular weight is 255 g/mol. The lowest BCUT2D eigenvalue weighted by molar-refractivity contribution is 1.66. The summed E-state index contributed by atoms with van der Waals surface area (Å²) in [4.78, 5) is 1.14. The Balaban J connectivity index is 2.18. The van der Waals surface area contributed by atoms with E-state index in [1.165, 1.54) is 0 Å². The van der Waals surface area contributed by atoms with Crippen LogP contribution in [0.15, 0.2) is 36.4 Å². The predicted molar refractivity (Wildman–Crippen MR) is 69.7 cm³/mol. The standard InChI is InChI=1S/C12H8Cl2S/c13-10-3-1-2-9(8-10)4-5-11-6-7-12(14)15-11/h1-8H/b5-4+. The summed E-state index contributed by atoms with van der Waals surface area (Å²) >= 11 is 13.3. The van der Waals surface area contributed by atoms with Crippen molar-refractivity contribution < 1.29 is 0 Å². The molecule has 15 heavy (non-hydrogen) atoms. The van der Waals surface area contributed by atoms with Gasteiger partial charge >= 0.3 is 0 Å². The summed E-state index contributed by atoms with van der Waals surface area (Å²) in [6, 6.07) is 11.6. The highest BCUT2D eigenvalue weighted by Crippen LogP contribution is 2.23. The molecule has 0 aliphatic carbocycles. The topological polar surface area (TPSA) is 0 Å². The molecule has 3 heteroatoms. The Kier molecular flexibility index (Phi) is 3.47. The van der Waals surface area contributed by atoms with E-state index < -0.39 is 0 Å². The van der Waals surface area contributed by atoms with Gasteiger partial charge < -0.3 is 0 Å². The smallest absolute Gasteiger partial charge is 0.0934 e. The van der Waals surface area contributed by atoms with E-state index in [0.717, 1.165) is 19.8 Å². The lowest BCUT2D eigenvalue weighted by atomic mass is 10.2. The van der Waals surface area contributed by atoms with Gasteiger partial charge in [0.15, 0.2) is 0 Å². The van der Waals surface area contributed by atoms with Crippen LogP contribution in [-0.4, -0.2) is 0 Å². The normalized spacial score (nSPS) is 11.1. The summed E-state index contributed by atoms with van der Waals surface area (Å²) in [5.74, 6) is 0. The zero-order chi connectivity index (χ0) is 10.7. The van der Waals surface area contributed by atoms with Crippen LogP contribution < -0.4 is 0 Å². The van der Waals surface area contributed by atoms with Gasteiger partial charge in [-0.05, 0) is 35.9 Å². The van der Waals surface area contributed by atoms with Gasteiger partial charge in [0.05, 0.1) is 4.34 Å². The molecule has 0 radical (unpaired) electrons. The Morgan fingerprint density at radius 2 is 1.87 bits per heavy atom. The van der Waals surface area contributed by atoms with Gasteiger partial charge in [0.2, 0.25) is 0 Å². The molecule has 0 spiro atoms. The summed E-state index contributed by atoms with van der Waals surface area (Å²) in [5, 5.41) is 0.751. The lowest BCUT2D eigenvalue weighted by Gasteiger charge is -1.93. The quantitative estimate of drug-likeness (QED) is 0.689. The minimum atomic E-state index is 0.751. The average Bonchev–Trinajstić information content (AvgIpc) is 2.62. The van der Waals surface area contributed by atoms with Crippen LogP contribution in [0.5, 0.6) is 0 Å². The van der Waals surface area contributed by atoms with Crippen LogP contribution in [0.3, 0.4) is 0 Å². The predicted octanol–water partition coefficient (Wildman–Crippen LogP) is 5.23. The van der Waals surface area contributed by atoms with Crippen molar-refractivity contribution in [2.24, 2.45) is 0 Å². The third kappa shape index (κ3) is 3.10. The van der Waals surface area contributed by atoms with Gasteiger partial charge in [0, 0.05) is 9.90 Å². The molecular formula is C12H8Cl2S. The fourth-order valence-electron chi connectivity index (χ4n) is 1.21. The van der Waals surface area contributed by atoms with E-state index in [2.05, 4.69) is 0 Å². The second-order valence-corrected chi connectivity index (χ2v) is 5.21. The molecule has 1 heterocycles. The maximum atomic E-state index is 5.88. The fraction of sp³-hybridized carbons (Fsp3) is 0. The van der Waals surface area contributed by atoms with Crippen LogP contribution in [0.25, 0.3) is 12.2 Å². The maximum Gasteiger partial charge on any atom is 0.0934 e. The van der Waals surface area contributed by atoms with Crippen LogP contribution in [0.1, 0.15) is 10.4 Å². The van der Waals surface area contributed by atoms with Crippen molar-refractivity contribution in [3.8, 4) is 0 Å². The monoisotopic (exact) mass is 254 g/mol. The van der Waals surface area contributed by atoms with Gasteiger partial charge in [0.1, 0.15) is 0 Å². The SMILES string of the molecule is Clc1cccc(/C=C/c2ccc(Cl)s2)c1. The van der Waals surface area contributed by atoms with E-state index in [9.17, 15) is 0 Å². The van der Waals surface area contributed by atoms with Crippen molar-refractivity contribution in [2.75, 3.05) is 0 Å². The molecule has 76 valence electrons. The lowest BCUT2D eigenvalue weighted by Crippen LogP contribution is -1.70. The largest absolute Gasteiger partial charge is 0.124 e. The van der Waals surface area contributed by atoms with E-state index in [-0.39, 0.29) is 0 Å². The van der Waals surface area contributed by atoms with Crippen LogP contribution >= 0.6 is 34.5 Å². The first kappa shape index (κ1) is 10.7. The third-order valence-electron chi connectivity index (χ3n) is 1.88. The molecule has 0 aliphatic rings. The molecule has 2 rings (SSSR count). The summed E-state index contributed by atoms with van der Waals surface area (Å²) in [6.07, 6.45) is 4.05. The third-order valence-corrected chi connectivity index (χ3v) is 3.31. The molecule has 1 aromatic carbocycles. The van der Waals surface area contributed by atoms with Gasteiger partial charge in [0.25, 0.3) is 0 Å². The second-order valence-electron chi connectivity index (χ2n) is 3.03. The van der Waals surface area contributed by atoms with Crippen molar-refractivity contribution >= 4 is 46.7 Å². The van der Waals surface area contributed by atoms with Crippen molar-refractivity contribution in [1.82, 2.24) is 0 Å². The molecule has 0 fully saturated rings. The molecule has 1 aromatic heterocycles. The van der Waals surface area contributed by atoms with E-state index in [4.69, 9.17) is 23.2 Å². The first-order chi connectivity index (χ1) is 7.24. The first-order valence-electron chi connectivity index (χ1n) is 4.43. The number of hydrogen-bond acceptors (Lipinski definition) is 1. The van der Waals surface area contributed by atoms with Crippen molar-refractivity contribution in [3.63, 3.8) is 0 Å². The number of benzene rings is 1. The van der Waals surface area contributed by atoms with Crippen LogP contribution in [0, 0.1) is 0 Å². The van der Waals surface area contributed by atoms with Gasteiger partial charge in [-0.15, -0.1) is 11.3 Å². The minimum Gasteiger partial charge on any atom is -0.124 e. The summed E-state index contributed by atoms with van der Waals surface area (Å²) in [6.45, 7) is 0. The molecule has 0 atom stereocenters. The van der Waals surface area contributed by atoms with Gasteiger partial charge in [-0.25, -0.2) is 0 Å². The van der Waals surface area contributed by atoms with E-state index in [1.54, 1.807) is 11.3 Å². The second kappa shape index (κ2) is 4.84. The number of hydrogen-bond donors (Lipinski definition) is 0. The zero-order valence-electron chi connectivity index (χ0n) is 7.78. The van der Waals surface area contributed by atoms with E-state index in [1.807, 2.05) is 48.6 Å². The molecule has 2 aromatic rings. The van der Waals surface area contributed by atoms with Crippen LogP contribution in [0.4, 0.5) is 0 Å². The Morgan fingerprint density at radius 1 is 1.00 bits per heavy atom. The molecule has 0 saturated carbocycles. The van der Waals surface area contributed by atoms with Crippen molar-refractivity contribution in [1.29, 1.82) is 0 Å². The minimum absolute atomic E-state index is 0.751. The van der Waals surface area contributed by atoms with Gasteiger partial charge in [-0.2, -0.15) is 0 Å². The molecule has 0 bridgehead atoms. The summed E-state index contributed by atoms with van der Waals surface area (Å²) < 4.78 is 0.806. The van der Waals surface area contributed by atoms with Crippen LogP contribution in [0.2, 0.25) is 9.36 Å². The number of thiophene rings is 1. The maximum absolute atomic E-state index is 5.88. The molecule has 0 nitrogen and oxygen atoms in total. The van der Waals surface area contributed by atoms with Crippen molar-refractivity contribution in [2.45, 2.75) is 0 Å². The zero-order valence-corrected chi connectivity index (χ0v) is 10.1. The van der Waals surface area contributed by atoms with Gasteiger partial charge in [-0.1, -0.05) is 41.4 Å². The molecule has 0 saturated heterocycles. The molecule has 0 aliphatic heterocycles. The fourth-order valence-corrected chi connectivity index (χ4v) is 2.37. The Labute approximate surface area is 103 Å². The Hall–Kier alpha value is -0.760. The molecule has 0 unspecified atom stereocenters. The summed E-state index contributed by atoms with van der Waals surface area (Å²) in [5.41, 5.74) is 1.09. The number of rotatable bonds is 2. The first-order valence-corrected chi connectivity index (χ1v) is 6.00.